The van der Waals surface area contributed by atoms with E-state index in [0.717, 1.165) is 5.75 Å². The number of hydrogen-bond donors (Lipinski definition) is 0. The largest absolute Gasteiger partial charge is 0.493 e. The van der Waals surface area contributed by atoms with Crippen molar-refractivity contribution in [3.63, 3.8) is 0 Å². The van der Waals surface area contributed by atoms with Gasteiger partial charge >= 0.3 is 5.97 Å². The number of halogens is 2. The molecular formula is C17H15Cl2N3O3. The first-order chi connectivity index (χ1) is 12.1. The lowest BCUT2D eigenvalue weighted by Crippen LogP contribution is -2.08. The number of ether oxygens (including phenoxy) is 2. The van der Waals surface area contributed by atoms with E-state index >= 15 is 0 Å². The lowest BCUT2D eigenvalue weighted by Gasteiger charge is -2.10. The maximum atomic E-state index is 11.9. The number of esters is 1. The molecule has 0 aliphatic heterocycles. The van der Waals surface area contributed by atoms with Crippen LogP contribution in [-0.2, 0) is 11.2 Å². The van der Waals surface area contributed by atoms with Crippen LogP contribution in [0.5, 0.6) is 5.75 Å². The molecule has 0 bridgehead atoms. The highest BCUT2D eigenvalue weighted by molar-refractivity contribution is 6.35. The van der Waals surface area contributed by atoms with Gasteiger partial charge in [0.2, 0.25) is 0 Å². The molecule has 3 rings (SSSR count). The molecule has 0 aliphatic carbocycles. The van der Waals surface area contributed by atoms with Gasteiger partial charge in [0.1, 0.15) is 21.6 Å². The summed E-state index contributed by atoms with van der Waals surface area (Å²) in [6, 6.07) is 9.43. The van der Waals surface area contributed by atoms with Crippen LogP contribution in [0, 0.1) is 0 Å². The van der Waals surface area contributed by atoms with E-state index in [4.69, 9.17) is 32.7 Å². The summed E-state index contributed by atoms with van der Waals surface area (Å²) in [5.74, 6) is 0.241. The molecule has 0 aliphatic rings. The smallest absolute Gasteiger partial charge is 0.343 e. The normalized spacial score (nSPS) is 10.8. The second-order valence-corrected chi connectivity index (χ2v) is 5.81. The van der Waals surface area contributed by atoms with Gasteiger partial charge in [-0.2, -0.15) is 5.10 Å². The predicted octanol–water partition coefficient (Wildman–Crippen LogP) is 3.83. The minimum absolute atomic E-state index is 0.209. The summed E-state index contributed by atoms with van der Waals surface area (Å²) in [7, 11) is 0. The van der Waals surface area contributed by atoms with Crippen LogP contribution in [0.1, 0.15) is 22.8 Å². The topological polar surface area (TPSA) is 65.7 Å². The monoisotopic (exact) mass is 379 g/mol. The van der Waals surface area contributed by atoms with Crippen molar-refractivity contribution in [2.24, 2.45) is 0 Å². The summed E-state index contributed by atoms with van der Waals surface area (Å²) in [5.41, 5.74) is 1.09. The first kappa shape index (κ1) is 17.5. The molecule has 0 unspecified atom stereocenters. The minimum atomic E-state index is -0.516. The van der Waals surface area contributed by atoms with Crippen LogP contribution in [0.3, 0.4) is 0 Å². The van der Waals surface area contributed by atoms with Crippen LogP contribution < -0.4 is 4.74 Å². The lowest BCUT2D eigenvalue weighted by atomic mass is 10.2. The van der Waals surface area contributed by atoms with Crippen LogP contribution in [-0.4, -0.2) is 33.8 Å². The summed E-state index contributed by atoms with van der Waals surface area (Å²) < 4.78 is 12.0. The van der Waals surface area contributed by atoms with Crippen LogP contribution in [0.15, 0.2) is 36.5 Å². The summed E-state index contributed by atoms with van der Waals surface area (Å²) in [6.07, 6.45) is 1.82. The van der Waals surface area contributed by atoms with Crippen molar-refractivity contribution in [1.82, 2.24) is 14.6 Å². The van der Waals surface area contributed by atoms with E-state index in [0.29, 0.717) is 23.7 Å². The number of fused-ring (bicyclic) bond motifs is 1. The van der Waals surface area contributed by atoms with Crippen molar-refractivity contribution < 1.29 is 14.3 Å². The van der Waals surface area contributed by atoms with E-state index in [1.807, 2.05) is 30.3 Å². The quantitative estimate of drug-likeness (QED) is 0.480. The van der Waals surface area contributed by atoms with E-state index in [9.17, 15) is 4.79 Å². The summed E-state index contributed by atoms with van der Waals surface area (Å²) in [6.45, 7) is 2.36. The van der Waals surface area contributed by atoms with Gasteiger partial charge < -0.3 is 9.47 Å². The number of carbonyl (C=O) groups excluding carboxylic acids is 1. The molecular weight excluding hydrogens is 365 g/mol. The summed E-state index contributed by atoms with van der Waals surface area (Å²) in [5, 5.41) is 4.61. The van der Waals surface area contributed by atoms with Gasteiger partial charge in [0, 0.05) is 12.0 Å². The van der Waals surface area contributed by atoms with E-state index in [-0.39, 0.29) is 23.0 Å². The molecule has 2 aromatic heterocycles. The fraction of sp³-hybridized carbons (Fsp3) is 0.235. The third-order valence-corrected chi connectivity index (χ3v) is 4.19. The molecule has 3 aromatic rings. The Kier molecular flexibility index (Phi) is 5.40. The molecule has 0 spiro atoms. The molecule has 2 heterocycles. The van der Waals surface area contributed by atoms with Crippen molar-refractivity contribution in [3.8, 4) is 5.75 Å². The Balaban J connectivity index is 1.83. The Morgan fingerprint density at radius 1 is 1.24 bits per heavy atom. The third-order valence-electron chi connectivity index (χ3n) is 3.49. The van der Waals surface area contributed by atoms with E-state index in [1.54, 1.807) is 6.92 Å². The van der Waals surface area contributed by atoms with E-state index < -0.39 is 5.97 Å². The fourth-order valence-corrected chi connectivity index (χ4v) is 2.93. The molecule has 0 saturated heterocycles. The lowest BCUT2D eigenvalue weighted by molar-refractivity contribution is 0.0528. The van der Waals surface area contributed by atoms with Crippen molar-refractivity contribution in [2.45, 2.75) is 13.3 Å². The molecule has 1 aromatic carbocycles. The predicted molar refractivity (Wildman–Crippen MR) is 94.6 cm³/mol. The second kappa shape index (κ2) is 7.72. The Bertz CT molecular complexity index is 897. The zero-order valence-corrected chi connectivity index (χ0v) is 14.9. The number of nitrogens with zero attached hydrogens (tertiary/aromatic N) is 3. The van der Waals surface area contributed by atoms with Crippen LogP contribution in [0.4, 0.5) is 0 Å². The second-order valence-electron chi connectivity index (χ2n) is 5.10. The Labute approximate surface area is 154 Å². The Hall–Kier alpha value is -2.31. The average Bonchev–Trinajstić information content (AvgIpc) is 3.03. The number of carbonyl (C=O) groups is 1. The third kappa shape index (κ3) is 3.70. The van der Waals surface area contributed by atoms with E-state index in [1.165, 1.54) is 10.7 Å². The SMILES string of the molecule is CCOC(=O)c1cnn2c(Cl)c(CCOc3ccccc3)c(Cl)nc12. The van der Waals surface area contributed by atoms with Gasteiger partial charge in [-0.1, -0.05) is 41.4 Å². The number of para-hydroxylation sites is 1. The molecule has 0 radical (unpaired) electrons. The maximum absolute atomic E-state index is 11.9. The molecule has 0 fully saturated rings. The van der Waals surface area contributed by atoms with Gasteiger partial charge in [0.25, 0.3) is 0 Å². The molecule has 0 N–H and O–H groups in total. The first-order valence-electron chi connectivity index (χ1n) is 7.68. The molecule has 8 heteroatoms. The highest BCUT2D eigenvalue weighted by atomic mass is 35.5. The van der Waals surface area contributed by atoms with Gasteiger partial charge in [-0.15, -0.1) is 0 Å². The Morgan fingerprint density at radius 2 is 2.00 bits per heavy atom. The van der Waals surface area contributed by atoms with Crippen LogP contribution >= 0.6 is 23.2 Å². The molecule has 0 saturated carbocycles. The minimum Gasteiger partial charge on any atom is -0.493 e. The van der Waals surface area contributed by atoms with Crippen molar-refractivity contribution >= 4 is 34.8 Å². The number of aromatic nitrogens is 3. The van der Waals surface area contributed by atoms with Gasteiger partial charge in [0.15, 0.2) is 5.65 Å². The van der Waals surface area contributed by atoms with Gasteiger partial charge in [-0.3, -0.25) is 0 Å². The van der Waals surface area contributed by atoms with Gasteiger partial charge in [-0.25, -0.2) is 14.3 Å². The molecule has 0 amide bonds. The Morgan fingerprint density at radius 3 is 2.72 bits per heavy atom. The zero-order chi connectivity index (χ0) is 17.8. The van der Waals surface area contributed by atoms with E-state index in [2.05, 4.69) is 10.1 Å². The molecule has 6 nitrogen and oxygen atoms in total. The number of benzene rings is 1. The maximum Gasteiger partial charge on any atom is 0.343 e. The van der Waals surface area contributed by atoms with Crippen molar-refractivity contribution in [1.29, 1.82) is 0 Å². The van der Waals surface area contributed by atoms with Crippen molar-refractivity contribution in [3.05, 3.63) is 58.0 Å². The highest BCUT2D eigenvalue weighted by Gasteiger charge is 2.20. The summed E-state index contributed by atoms with van der Waals surface area (Å²) >= 11 is 12.6. The average molecular weight is 380 g/mol. The fourth-order valence-electron chi connectivity index (χ4n) is 2.31. The number of hydrogen-bond acceptors (Lipinski definition) is 5. The first-order valence-corrected chi connectivity index (χ1v) is 8.44. The van der Waals surface area contributed by atoms with Crippen molar-refractivity contribution in [2.75, 3.05) is 13.2 Å². The van der Waals surface area contributed by atoms with Crippen LogP contribution in [0.25, 0.3) is 5.65 Å². The van der Waals surface area contributed by atoms with Crippen LogP contribution in [0.2, 0.25) is 10.3 Å². The standard InChI is InChI=1S/C17H15Cl2N3O3/c1-2-24-17(23)13-10-20-22-15(19)12(14(18)21-16(13)22)8-9-25-11-6-4-3-5-7-11/h3-7,10H,2,8-9H2,1H3. The summed E-state index contributed by atoms with van der Waals surface area (Å²) in [4.78, 5) is 16.2. The molecule has 25 heavy (non-hydrogen) atoms. The molecule has 0 atom stereocenters. The zero-order valence-electron chi connectivity index (χ0n) is 13.4. The highest BCUT2D eigenvalue weighted by Crippen LogP contribution is 2.26. The number of rotatable bonds is 6. The van der Waals surface area contributed by atoms with Gasteiger partial charge in [0.05, 0.1) is 19.4 Å². The van der Waals surface area contributed by atoms with Gasteiger partial charge in [-0.05, 0) is 19.1 Å². The molecule has 130 valence electrons.